The van der Waals surface area contributed by atoms with Gasteiger partial charge in [0.05, 0.1) is 12.6 Å². The molecule has 0 bridgehead atoms. The van der Waals surface area contributed by atoms with Crippen LogP contribution in [-0.4, -0.2) is 40.1 Å². The van der Waals surface area contributed by atoms with Crippen molar-refractivity contribution in [3.05, 3.63) is 35.0 Å². The maximum atomic E-state index is 12.7. The number of rotatable bonds is 2. The number of aliphatic hydroxyl groups is 1. The van der Waals surface area contributed by atoms with Gasteiger partial charge in [-0.05, 0) is 44.4 Å². The van der Waals surface area contributed by atoms with Crippen LogP contribution in [0.15, 0.2) is 18.2 Å². The number of benzene rings is 1. The van der Waals surface area contributed by atoms with Crippen molar-refractivity contribution in [2.45, 2.75) is 32.7 Å². The van der Waals surface area contributed by atoms with E-state index in [-0.39, 0.29) is 18.6 Å². The van der Waals surface area contributed by atoms with E-state index in [1.54, 1.807) is 4.90 Å². The molecule has 1 saturated heterocycles. The molecule has 1 fully saturated rings. The zero-order valence-electron chi connectivity index (χ0n) is 11.9. The molecule has 0 radical (unpaired) electrons. The van der Waals surface area contributed by atoms with E-state index in [1.165, 1.54) is 5.56 Å². The van der Waals surface area contributed by atoms with Crippen molar-refractivity contribution in [3.63, 3.8) is 0 Å². The summed E-state index contributed by atoms with van der Waals surface area (Å²) in [5.74, 6) is 0.00732. The van der Waals surface area contributed by atoms with Crippen molar-refractivity contribution < 1.29 is 9.90 Å². The number of aryl methyl sites for hydroxylation is 2. The molecule has 0 aliphatic carbocycles. The van der Waals surface area contributed by atoms with E-state index >= 15 is 0 Å². The van der Waals surface area contributed by atoms with Crippen LogP contribution in [0.2, 0.25) is 0 Å². The zero-order valence-corrected chi connectivity index (χ0v) is 11.9. The van der Waals surface area contributed by atoms with Gasteiger partial charge in [0.2, 0.25) is 0 Å². The molecule has 0 spiro atoms. The van der Waals surface area contributed by atoms with Gasteiger partial charge in [0, 0.05) is 17.4 Å². The number of H-pyrrole nitrogens is 1. The largest absolute Gasteiger partial charge is 0.394 e. The minimum absolute atomic E-state index is 0.00732. The summed E-state index contributed by atoms with van der Waals surface area (Å²) in [6, 6.07) is 6.13. The molecule has 2 aromatic rings. The Morgan fingerprint density at radius 1 is 1.45 bits per heavy atom. The second-order valence-electron chi connectivity index (χ2n) is 5.65. The predicted molar refractivity (Wildman–Crippen MR) is 78.9 cm³/mol. The van der Waals surface area contributed by atoms with Gasteiger partial charge in [-0.1, -0.05) is 11.6 Å². The van der Waals surface area contributed by atoms with Gasteiger partial charge < -0.3 is 15.0 Å². The highest BCUT2D eigenvalue weighted by molar-refractivity contribution is 6.01. The van der Waals surface area contributed by atoms with Crippen molar-refractivity contribution in [1.29, 1.82) is 0 Å². The Bertz CT molecular complexity index is 660. The lowest BCUT2D eigenvalue weighted by Gasteiger charge is -2.22. The maximum Gasteiger partial charge on any atom is 0.270 e. The Balaban J connectivity index is 2.01. The molecule has 20 heavy (non-hydrogen) atoms. The molecular weight excluding hydrogens is 252 g/mol. The van der Waals surface area contributed by atoms with E-state index < -0.39 is 0 Å². The number of carbonyl (C=O) groups is 1. The molecule has 2 N–H and O–H groups in total. The second-order valence-corrected chi connectivity index (χ2v) is 5.65. The molecule has 4 nitrogen and oxygen atoms in total. The molecule has 106 valence electrons. The highest BCUT2D eigenvalue weighted by Gasteiger charge is 2.30. The summed E-state index contributed by atoms with van der Waals surface area (Å²) < 4.78 is 0. The van der Waals surface area contributed by atoms with Gasteiger partial charge >= 0.3 is 0 Å². The summed E-state index contributed by atoms with van der Waals surface area (Å²) in [6.07, 6.45) is 1.86. The van der Waals surface area contributed by atoms with Crippen LogP contribution >= 0.6 is 0 Å². The highest BCUT2D eigenvalue weighted by atomic mass is 16.3. The van der Waals surface area contributed by atoms with Crippen LogP contribution in [-0.2, 0) is 0 Å². The maximum absolute atomic E-state index is 12.7. The smallest absolute Gasteiger partial charge is 0.270 e. The highest BCUT2D eigenvalue weighted by Crippen LogP contribution is 2.26. The third kappa shape index (κ3) is 2.00. The molecule has 1 aliphatic heterocycles. The number of nitrogens with one attached hydrogen (secondary N) is 1. The molecule has 1 atom stereocenters. The number of aliphatic hydroxyl groups excluding tert-OH is 1. The van der Waals surface area contributed by atoms with Crippen LogP contribution in [0.3, 0.4) is 0 Å². The first kappa shape index (κ1) is 13.2. The average molecular weight is 272 g/mol. The van der Waals surface area contributed by atoms with E-state index in [4.69, 9.17) is 0 Å². The van der Waals surface area contributed by atoms with Crippen molar-refractivity contribution >= 4 is 16.8 Å². The van der Waals surface area contributed by atoms with Gasteiger partial charge in [-0.25, -0.2) is 0 Å². The number of fused-ring (bicyclic) bond motifs is 1. The SMILES string of the molecule is Cc1ccc2[nH]c(C(=O)N3CCC[C@H]3CO)c(C)c2c1. The Morgan fingerprint density at radius 3 is 3.00 bits per heavy atom. The summed E-state index contributed by atoms with van der Waals surface area (Å²) in [5.41, 5.74) is 3.84. The van der Waals surface area contributed by atoms with Crippen LogP contribution in [0.25, 0.3) is 10.9 Å². The first-order valence-electron chi connectivity index (χ1n) is 7.12. The summed E-state index contributed by atoms with van der Waals surface area (Å²) in [6.45, 7) is 4.81. The third-order valence-corrected chi connectivity index (χ3v) is 4.28. The van der Waals surface area contributed by atoms with E-state index in [2.05, 4.69) is 18.0 Å². The Hall–Kier alpha value is -1.81. The fourth-order valence-electron chi connectivity index (χ4n) is 3.09. The number of aromatic nitrogens is 1. The van der Waals surface area contributed by atoms with Gasteiger partial charge in [-0.2, -0.15) is 0 Å². The first-order chi connectivity index (χ1) is 9.61. The van der Waals surface area contributed by atoms with E-state index in [0.717, 1.165) is 35.9 Å². The lowest BCUT2D eigenvalue weighted by molar-refractivity contribution is 0.0672. The fourth-order valence-corrected chi connectivity index (χ4v) is 3.09. The lowest BCUT2D eigenvalue weighted by atomic mass is 10.1. The van der Waals surface area contributed by atoms with Crippen LogP contribution in [0.4, 0.5) is 0 Å². The number of hydrogen-bond acceptors (Lipinski definition) is 2. The minimum Gasteiger partial charge on any atom is -0.394 e. The topological polar surface area (TPSA) is 56.3 Å². The molecule has 1 aromatic heterocycles. The van der Waals surface area contributed by atoms with Gasteiger partial charge in [0.15, 0.2) is 0 Å². The number of nitrogens with zero attached hydrogens (tertiary/aromatic N) is 1. The molecule has 1 aromatic carbocycles. The zero-order chi connectivity index (χ0) is 14.3. The van der Waals surface area contributed by atoms with Crippen molar-refractivity contribution in [2.75, 3.05) is 13.2 Å². The summed E-state index contributed by atoms with van der Waals surface area (Å²) >= 11 is 0. The number of carbonyl (C=O) groups excluding carboxylic acids is 1. The predicted octanol–water partition coefficient (Wildman–Crippen LogP) is 2.38. The standard InChI is InChI=1S/C16H20N2O2/c1-10-5-6-14-13(8-10)11(2)15(17-14)16(20)18-7-3-4-12(18)9-19/h5-6,8,12,17,19H,3-4,7,9H2,1-2H3/t12-/m0/s1. The Morgan fingerprint density at radius 2 is 2.25 bits per heavy atom. The first-order valence-corrected chi connectivity index (χ1v) is 7.12. The van der Waals surface area contributed by atoms with Gasteiger partial charge in [0.1, 0.15) is 5.69 Å². The molecule has 4 heteroatoms. The lowest BCUT2D eigenvalue weighted by Crippen LogP contribution is -2.38. The molecule has 0 unspecified atom stereocenters. The molecule has 0 saturated carbocycles. The Kier molecular flexibility index (Phi) is 3.26. The van der Waals surface area contributed by atoms with Gasteiger partial charge in [-0.3, -0.25) is 4.79 Å². The number of hydrogen-bond donors (Lipinski definition) is 2. The van der Waals surface area contributed by atoms with Crippen molar-refractivity contribution in [3.8, 4) is 0 Å². The number of likely N-dealkylation sites (tertiary alicyclic amines) is 1. The van der Waals surface area contributed by atoms with Gasteiger partial charge in [0.25, 0.3) is 5.91 Å². The van der Waals surface area contributed by atoms with Crippen molar-refractivity contribution in [1.82, 2.24) is 9.88 Å². The monoisotopic (exact) mass is 272 g/mol. The summed E-state index contributed by atoms with van der Waals surface area (Å²) in [7, 11) is 0. The van der Waals surface area contributed by atoms with Crippen molar-refractivity contribution in [2.24, 2.45) is 0 Å². The van der Waals surface area contributed by atoms with Crippen LogP contribution in [0.5, 0.6) is 0 Å². The van der Waals surface area contributed by atoms with E-state index in [1.807, 2.05) is 19.1 Å². The normalized spacial score (nSPS) is 18.9. The fraction of sp³-hybridized carbons (Fsp3) is 0.438. The second kappa shape index (κ2) is 4.94. The van der Waals surface area contributed by atoms with Gasteiger partial charge in [-0.15, -0.1) is 0 Å². The number of aromatic amines is 1. The number of amides is 1. The van der Waals surface area contributed by atoms with Crippen LogP contribution < -0.4 is 0 Å². The molecule has 3 rings (SSSR count). The van der Waals surface area contributed by atoms with E-state index in [0.29, 0.717) is 5.69 Å². The summed E-state index contributed by atoms with van der Waals surface area (Å²) in [4.78, 5) is 17.7. The third-order valence-electron chi connectivity index (χ3n) is 4.28. The average Bonchev–Trinajstić information content (AvgIpc) is 3.03. The minimum atomic E-state index is -0.0324. The quantitative estimate of drug-likeness (QED) is 0.882. The molecule has 1 aliphatic rings. The molecular formula is C16H20N2O2. The summed E-state index contributed by atoms with van der Waals surface area (Å²) in [5, 5.41) is 10.5. The van der Waals surface area contributed by atoms with Crippen LogP contribution in [0, 0.1) is 13.8 Å². The Labute approximate surface area is 118 Å². The van der Waals surface area contributed by atoms with Crippen LogP contribution in [0.1, 0.15) is 34.5 Å². The molecule has 2 heterocycles. The molecule has 1 amide bonds. The van der Waals surface area contributed by atoms with E-state index in [9.17, 15) is 9.90 Å².